The van der Waals surface area contributed by atoms with Crippen LogP contribution in [-0.2, 0) is 6.54 Å². The lowest BCUT2D eigenvalue weighted by Crippen LogP contribution is -2.29. The molecule has 5 rings (SSSR count). The van der Waals surface area contributed by atoms with Gasteiger partial charge in [0.05, 0.1) is 6.54 Å². The Hall–Kier alpha value is -4.33. The summed E-state index contributed by atoms with van der Waals surface area (Å²) >= 11 is 0. The smallest absolute Gasteiger partial charge is 0.265 e. The van der Waals surface area contributed by atoms with Crippen LogP contribution in [0.15, 0.2) is 60.9 Å². The molecule has 8 heteroatoms. The van der Waals surface area contributed by atoms with Gasteiger partial charge in [0.25, 0.3) is 11.8 Å². The fraction of sp³-hybridized carbons (Fsp3) is 0.0435. The molecule has 0 saturated carbocycles. The van der Waals surface area contributed by atoms with Gasteiger partial charge in [0.1, 0.15) is 28.0 Å². The number of benzene rings is 3. The van der Waals surface area contributed by atoms with E-state index in [-0.39, 0.29) is 34.5 Å². The van der Waals surface area contributed by atoms with Crippen LogP contribution < -0.4 is 0 Å². The first-order valence-electron chi connectivity index (χ1n) is 9.36. The Morgan fingerprint density at radius 1 is 0.839 bits per heavy atom. The molecule has 1 aliphatic rings. The van der Waals surface area contributed by atoms with E-state index >= 15 is 0 Å². The second kappa shape index (κ2) is 6.88. The molecule has 3 aromatic carbocycles. The van der Waals surface area contributed by atoms with E-state index in [0.717, 1.165) is 4.90 Å². The van der Waals surface area contributed by atoms with Gasteiger partial charge in [-0.25, -0.2) is 14.4 Å². The quantitative estimate of drug-likeness (QED) is 0.391. The van der Waals surface area contributed by atoms with Gasteiger partial charge in [-0.3, -0.25) is 14.5 Å². The summed E-state index contributed by atoms with van der Waals surface area (Å²) in [6.45, 7) is -0.120. The van der Waals surface area contributed by atoms with Gasteiger partial charge >= 0.3 is 0 Å². The average molecular weight is 415 g/mol. The van der Waals surface area contributed by atoms with E-state index in [9.17, 15) is 24.2 Å². The Morgan fingerprint density at radius 3 is 2.06 bits per heavy atom. The van der Waals surface area contributed by atoms with E-state index in [0.29, 0.717) is 16.7 Å². The first kappa shape index (κ1) is 18.7. The minimum Gasteiger partial charge on any atom is -0.505 e. The van der Waals surface area contributed by atoms with Crippen LogP contribution in [0, 0.1) is 5.82 Å². The molecule has 2 heterocycles. The highest BCUT2D eigenvalue weighted by atomic mass is 19.1. The molecule has 0 bridgehead atoms. The molecule has 4 aromatic rings. The number of phenolic OH excluding ortho intramolecular Hbond substituents is 2. The van der Waals surface area contributed by atoms with E-state index in [1.807, 2.05) is 0 Å². The maximum Gasteiger partial charge on any atom is 0.265 e. The SMILES string of the molecule is O=C1c2c(c(O)c3nccnc3c2O)C(=O)N1Cc1cccc(-c2ccccc2F)c1. The Morgan fingerprint density at radius 2 is 1.45 bits per heavy atom. The number of hydrogen-bond acceptors (Lipinski definition) is 6. The zero-order chi connectivity index (χ0) is 21.7. The Kier molecular flexibility index (Phi) is 4.14. The molecule has 0 spiro atoms. The van der Waals surface area contributed by atoms with Gasteiger partial charge in [-0.15, -0.1) is 0 Å². The number of carbonyl (C=O) groups is 2. The Labute approximate surface area is 175 Å². The van der Waals surface area contributed by atoms with Crippen LogP contribution in [0.1, 0.15) is 26.3 Å². The zero-order valence-electron chi connectivity index (χ0n) is 15.9. The summed E-state index contributed by atoms with van der Waals surface area (Å²) in [5.74, 6) is -2.90. The number of nitrogens with zero attached hydrogens (tertiary/aromatic N) is 3. The van der Waals surface area contributed by atoms with Gasteiger partial charge < -0.3 is 10.2 Å². The molecule has 2 amide bonds. The Bertz CT molecular complexity index is 1340. The number of rotatable bonds is 3. The van der Waals surface area contributed by atoms with E-state index in [1.165, 1.54) is 18.5 Å². The van der Waals surface area contributed by atoms with Crippen molar-refractivity contribution in [1.82, 2.24) is 14.9 Å². The van der Waals surface area contributed by atoms with Crippen molar-refractivity contribution >= 4 is 22.8 Å². The number of aromatic nitrogens is 2. The normalized spacial score (nSPS) is 13.1. The molecule has 152 valence electrons. The molecular formula is C23H14FN3O4. The maximum atomic E-state index is 14.2. The van der Waals surface area contributed by atoms with Crippen molar-refractivity contribution in [3.63, 3.8) is 0 Å². The van der Waals surface area contributed by atoms with Crippen LogP contribution in [0.25, 0.3) is 22.2 Å². The number of halogens is 1. The number of aromatic hydroxyl groups is 2. The summed E-state index contributed by atoms with van der Waals surface area (Å²) in [6, 6.07) is 13.1. The minimum atomic E-state index is -0.753. The summed E-state index contributed by atoms with van der Waals surface area (Å²) in [6.07, 6.45) is 2.61. The summed E-state index contributed by atoms with van der Waals surface area (Å²) in [4.78, 5) is 34.7. The van der Waals surface area contributed by atoms with E-state index in [1.54, 1.807) is 42.5 Å². The Balaban J connectivity index is 1.55. The van der Waals surface area contributed by atoms with Crippen molar-refractivity contribution in [2.24, 2.45) is 0 Å². The number of phenols is 2. The van der Waals surface area contributed by atoms with Gasteiger partial charge in [0.2, 0.25) is 0 Å². The van der Waals surface area contributed by atoms with E-state index < -0.39 is 23.3 Å². The third kappa shape index (κ3) is 2.80. The fourth-order valence-corrected chi connectivity index (χ4v) is 3.80. The fourth-order valence-electron chi connectivity index (χ4n) is 3.80. The van der Waals surface area contributed by atoms with Crippen molar-refractivity contribution in [2.45, 2.75) is 6.54 Å². The van der Waals surface area contributed by atoms with Crippen molar-refractivity contribution in [2.75, 3.05) is 0 Å². The molecule has 0 fully saturated rings. The van der Waals surface area contributed by atoms with Crippen LogP contribution >= 0.6 is 0 Å². The number of carbonyl (C=O) groups excluding carboxylic acids is 2. The molecule has 2 N–H and O–H groups in total. The minimum absolute atomic E-state index is 0.0664. The predicted molar refractivity (Wildman–Crippen MR) is 109 cm³/mol. The lowest BCUT2D eigenvalue weighted by atomic mass is 10.0. The molecule has 0 aliphatic carbocycles. The van der Waals surface area contributed by atoms with Crippen LogP contribution in [0.2, 0.25) is 0 Å². The highest BCUT2D eigenvalue weighted by molar-refractivity contribution is 6.26. The topological polar surface area (TPSA) is 104 Å². The van der Waals surface area contributed by atoms with Crippen LogP contribution in [0.3, 0.4) is 0 Å². The first-order valence-corrected chi connectivity index (χ1v) is 9.36. The molecule has 31 heavy (non-hydrogen) atoms. The third-order valence-corrected chi connectivity index (χ3v) is 5.24. The van der Waals surface area contributed by atoms with Crippen LogP contribution in [-0.4, -0.2) is 36.9 Å². The zero-order valence-corrected chi connectivity index (χ0v) is 15.9. The summed E-state index contributed by atoms with van der Waals surface area (Å²) < 4.78 is 14.2. The number of hydrogen-bond donors (Lipinski definition) is 2. The van der Waals surface area contributed by atoms with E-state index in [4.69, 9.17) is 0 Å². The van der Waals surface area contributed by atoms with Gasteiger partial charge in [-0.1, -0.05) is 36.4 Å². The second-order valence-corrected chi connectivity index (χ2v) is 7.08. The average Bonchev–Trinajstić information content (AvgIpc) is 3.03. The van der Waals surface area contributed by atoms with Crippen molar-refractivity contribution in [1.29, 1.82) is 0 Å². The lowest BCUT2D eigenvalue weighted by molar-refractivity contribution is 0.0641. The molecule has 0 atom stereocenters. The number of fused-ring (bicyclic) bond motifs is 2. The molecule has 1 aromatic heterocycles. The summed E-state index contributed by atoms with van der Waals surface area (Å²) in [5, 5.41) is 21.1. The van der Waals surface area contributed by atoms with Crippen LogP contribution in [0.5, 0.6) is 11.5 Å². The van der Waals surface area contributed by atoms with E-state index in [2.05, 4.69) is 9.97 Å². The third-order valence-electron chi connectivity index (χ3n) is 5.24. The number of amides is 2. The van der Waals surface area contributed by atoms with Gasteiger partial charge in [-0.2, -0.15) is 0 Å². The molecule has 7 nitrogen and oxygen atoms in total. The highest BCUT2D eigenvalue weighted by Gasteiger charge is 2.42. The van der Waals surface area contributed by atoms with Gasteiger partial charge in [0, 0.05) is 18.0 Å². The maximum absolute atomic E-state index is 14.2. The predicted octanol–water partition coefficient (Wildman–Crippen LogP) is 3.64. The number of imide groups is 1. The van der Waals surface area contributed by atoms with Gasteiger partial charge in [-0.05, 0) is 23.3 Å². The summed E-state index contributed by atoms with van der Waals surface area (Å²) in [7, 11) is 0. The standard InChI is InChI=1S/C23H14FN3O4/c24-15-7-2-1-6-14(15)13-5-3-4-12(10-13)11-27-22(30)16-17(23(27)31)21(29)19-18(20(16)28)25-8-9-26-19/h1-10,28-29H,11H2. The lowest BCUT2D eigenvalue weighted by Gasteiger charge is -2.15. The van der Waals surface area contributed by atoms with Crippen molar-refractivity contribution in [3.05, 3.63) is 83.4 Å². The summed E-state index contributed by atoms with van der Waals surface area (Å²) in [5.41, 5.74) is 0.825. The van der Waals surface area contributed by atoms with Crippen molar-refractivity contribution < 1.29 is 24.2 Å². The highest BCUT2D eigenvalue weighted by Crippen LogP contribution is 2.42. The largest absolute Gasteiger partial charge is 0.505 e. The van der Waals surface area contributed by atoms with Gasteiger partial charge in [0.15, 0.2) is 11.5 Å². The molecule has 0 radical (unpaired) electrons. The van der Waals surface area contributed by atoms with Crippen LogP contribution in [0.4, 0.5) is 4.39 Å². The molecule has 0 unspecified atom stereocenters. The molecule has 0 saturated heterocycles. The first-order chi connectivity index (χ1) is 15.0. The van der Waals surface area contributed by atoms with Crippen molar-refractivity contribution in [3.8, 4) is 22.6 Å². The monoisotopic (exact) mass is 415 g/mol. The molecular weight excluding hydrogens is 401 g/mol. The second-order valence-electron chi connectivity index (χ2n) is 7.08. The molecule has 1 aliphatic heterocycles.